The van der Waals surface area contributed by atoms with Gasteiger partial charge in [-0.25, -0.2) is 23.9 Å². The molecule has 3 aromatic heterocycles. The minimum Gasteiger partial charge on any atom is -0.479 e. The number of carboxylic acids is 2. The Bertz CT molecular complexity index is 1990. The van der Waals surface area contributed by atoms with Crippen LogP contribution in [0.3, 0.4) is 0 Å². The van der Waals surface area contributed by atoms with Crippen molar-refractivity contribution in [3.63, 3.8) is 0 Å². The highest BCUT2D eigenvalue weighted by molar-refractivity contribution is 7.48. The molecule has 2 fully saturated rings. The van der Waals surface area contributed by atoms with Crippen LogP contribution < -0.4 is 26.4 Å². The zero-order valence-corrected chi connectivity index (χ0v) is 23.4. The normalized spacial score (nSPS) is 24.5. The van der Waals surface area contributed by atoms with Gasteiger partial charge in [0.1, 0.15) is 23.9 Å². The third kappa shape index (κ3) is 5.97. The van der Waals surface area contributed by atoms with Crippen LogP contribution in [0.15, 0.2) is 38.5 Å². The standard InChI is InChI=1S/C24H22N5O15P/c25-24-27-21-18(22(36)28-24)26-8-29(21)23-19(35)20-14(43-23)5-41-45(37,44-20)40-4-9-1-17(34)42-11-3-13(39-7-16(32)33)12(2-10(9)11)38-6-15(30)31/h1-3,8,14,19-20,23,35H,4-7H2,(H,30,31)(H,32,33)(H3,25,27,28,36)/t14-,19-,20-,23-,45?/m1/s1. The number of ether oxygens (including phenoxy) is 3. The molecule has 5 atom stereocenters. The Morgan fingerprint density at radius 2 is 1.84 bits per heavy atom. The van der Waals surface area contributed by atoms with E-state index in [2.05, 4.69) is 15.0 Å². The van der Waals surface area contributed by atoms with Crippen molar-refractivity contribution in [1.82, 2.24) is 19.5 Å². The van der Waals surface area contributed by atoms with E-state index in [9.17, 15) is 28.8 Å². The summed E-state index contributed by atoms with van der Waals surface area (Å²) in [6.45, 7) is -2.52. The van der Waals surface area contributed by atoms with Crippen LogP contribution in [0.2, 0.25) is 0 Å². The van der Waals surface area contributed by atoms with Gasteiger partial charge in [-0.05, 0) is 11.6 Å². The quantitative estimate of drug-likeness (QED) is 0.109. The molecule has 0 saturated carbocycles. The number of aliphatic hydroxyl groups excluding tert-OH is 1. The molecule has 1 unspecified atom stereocenters. The number of fused-ring (bicyclic) bond motifs is 3. The van der Waals surface area contributed by atoms with Crippen LogP contribution >= 0.6 is 7.82 Å². The number of rotatable bonds is 10. The van der Waals surface area contributed by atoms with Gasteiger partial charge in [0.15, 0.2) is 42.1 Å². The van der Waals surface area contributed by atoms with Gasteiger partial charge >= 0.3 is 25.4 Å². The zero-order valence-electron chi connectivity index (χ0n) is 22.6. The minimum atomic E-state index is -4.40. The number of nitrogens with one attached hydrogen (secondary N) is 1. The summed E-state index contributed by atoms with van der Waals surface area (Å²) in [6, 6.07) is 3.36. The van der Waals surface area contributed by atoms with E-state index in [1.165, 1.54) is 17.0 Å². The number of carbonyl (C=O) groups is 2. The second kappa shape index (κ2) is 11.6. The van der Waals surface area contributed by atoms with Crippen molar-refractivity contribution >= 4 is 47.8 Å². The van der Waals surface area contributed by atoms with E-state index in [1.54, 1.807) is 0 Å². The maximum Gasteiger partial charge on any atom is 0.475 e. The van der Waals surface area contributed by atoms with Crippen molar-refractivity contribution in [2.75, 3.05) is 25.6 Å². The molecule has 2 aliphatic rings. The molecule has 0 amide bonds. The Kier molecular flexibility index (Phi) is 7.77. The van der Waals surface area contributed by atoms with Crippen molar-refractivity contribution in [3.05, 3.63) is 50.9 Å². The third-order valence-electron chi connectivity index (χ3n) is 6.66. The maximum absolute atomic E-state index is 13.5. The number of imidazole rings is 1. The van der Waals surface area contributed by atoms with Gasteiger partial charge in [-0.2, -0.15) is 4.98 Å². The minimum absolute atomic E-state index is 0.0253. The number of nitrogens with zero attached hydrogens (tertiary/aromatic N) is 3. The van der Waals surface area contributed by atoms with Crippen molar-refractivity contribution in [2.45, 2.75) is 31.1 Å². The molecule has 45 heavy (non-hydrogen) atoms. The van der Waals surface area contributed by atoms with Gasteiger partial charge in [0, 0.05) is 17.5 Å². The summed E-state index contributed by atoms with van der Waals surface area (Å²) in [6.07, 6.45) is -3.58. The molecule has 238 valence electrons. The van der Waals surface area contributed by atoms with Crippen LogP contribution in [0, 0.1) is 0 Å². The lowest BCUT2D eigenvalue weighted by Gasteiger charge is -2.30. The van der Waals surface area contributed by atoms with Gasteiger partial charge in [-0.3, -0.25) is 27.9 Å². The summed E-state index contributed by atoms with van der Waals surface area (Å²) in [5.74, 6) is -3.27. The molecule has 0 spiro atoms. The Morgan fingerprint density at radius 1 is 1.13 bits per heavy atom. The first kappa shape index (κ1) is 30.2. The summed E-state index contributed by atoms with van der Waals surface area (Å²) in [7, 11) is -4.40. The van der Waals surface area contributed by atoms with Crippen LogP contribution in [-0.4, -0.2) is 84.9 Å². The molecule has 5 heterocycles. The molecule has 1 aromatic carbocycles. The van der Waals surface area contributed by atoms with Gasteiger partial charge in [0.05, 0.1) is 19.5 Å². The molecule has 6 rings (SSSR count). The molecular formula is C24H22N5O15P. The molecule has 4 aromatic rings. The average Bonchev–Trinajstić information content (AvgIpc) is 3.53. The topological polar surface area (TPSA) is 287 Å². The van der Waals surface area contributed by atoms with E-state index in [0.29, 0.717) is 0 Å². The summed E-state index contributed by atoms with van der Waals surface area (Å²) >= 11 is 0. The van der Waals surface area contributed by atoms with E-state index in [4.69, 9.17) is 48.1 Å². The number of anilines is 1. The van der Waals surface area contributed by atoms with E-state index in [-0.39, 0.29) is 51.8 Å². The van der Waals surface area contributed by atoms with E-state index < -0.39 is 75.3 Å². The SMILES string of the molecule is Nc1nc2c(ncn2[C@@H]2O[C@@H]3COP(=O)(OCc4cc(=O)oc5cc(OCC(=O)O)c(OCC(=O)O)cc45)O[C@H]3[C@H]2O)c(=O)[nH]1. The van der Waals surface area contributed by atoms with Gasteiger partial charge in [0.25, 0.3) is 5.56 Å². The van der Waals surface area contributed by atoms with Gasteiger partial charge in [0.2, 0.25) is 5.95 Å². The van der Waals surface area contributed by atoms with E-state index in [0.717, 1.165) is 12.1 Å². The molecule has 0 aliphatic carbocycles. The highest BCUT2D eigenvalue weighted by Gasteiger charge is 2.53. The predicted octanol–water partition coefficient (Wildman–Crippen LogP) is -0.266. The lowest BCUT2D eigenvalue weighted by molar-refractivity contribution is -0.140. The number of nitrogen functional groups attached to an aromatic ring is 1. The fourth-order valence-electron chi connectivity index (χ4n) is 4.76. The molecule has 20 nitrogen and oxygen atoms in total. The fraction of sp³-hybridized carbons (Fsp3) is 0.333. The molecule has 6 N–H and O–H groups in total. The average molecular weight is 651 g/mol. The molecule has 2 aliphatic heterocycles. The molecule has 0 bridgehead atoms. The van der Waals surface area contributed by atoms with Gasteiger partial charge in [-0.15, -0.1) is 0 Å². The van der Waals surface area contributed by atoms with Crippen LogP contribution in [0.25, 0.3) is 22.1 Å². The van der Waals surface area contributed by atoms with Crippen molar-refractivity contribution < 1.29 is 61.7 Å². The molecule has 0 radical (unpaired) electrons. The summed E-state index contributed by atoms with van der Waals surface area (Å²) in [5.41, 5.74) is 4.10. The number of hydrogen-bond acceptors (Lipinski definition) is 16. The Hall–Kier alpha value is -4.85. The highest BCUT2D eigenvalue weighted by Crippen LogP contribution is 2.57. The van der Waals surface area contributed by atoms with Gasteiger partial charge < -0.3 is 39.7 Å². The number of benzene rings is 1. The number of aromatic nitrogens is 4. The Balaban J connectivity index is 1.23. The zero-order chi connectivity index (χ0) is 32.0. The van der Waals surface area contributed by atoms with E-state index in [1.807, 2.05) is 0 Å². The third-order valence-corrected chi connectivity index (χ3v) is 8.07. The largest absolute Gasteiger partial charge is 0.479 e. The second-order valence-electron chi connectivity index (χ2n) is 9.67. The van der Waals surface area contributed by atoms with Crippen molar-refractivity contribution in [3.8, 4) is 11.5 Å². The Labute approximate surface area is 248 Å². The number of H-pyrrole nitrogens is 1. The second-order valence-corrected chi connectivity index (χ2v) is 11.3. The molecular weight excluding hydrogens is 629 g/mol. The van der Waals surface area contributed by atoms with Crippen LogP contribution in [0.4, 0.5) is 5.95 Å². The first-order valence-corrected chi connectivity index (χ1v) is 14.3. The smallest absolute Gasteiger partial charge is 0.475 e. The number of phosphoric acid groups is 1. The number of carboxylic acid groups (broad SMARTS) is 2. The first-order chi connectivity index (χ1) is 21.4. The van der Waals surface area contributed by atoms with Crippen molar-refractivity contribution in [2.24, 2.45) is 0 Å². The predicted molar refractivity (Wildman–Crippen MR) is 144 cm³/mol. The number of aliphatic hydroxyl groups is 1. The van der Waals surface area contributed by atoms with Crippen LogP contribution in [-0.2, 0) is 39.1 Å². The van der Waals surface area contributed by atoms with E-state index >= 15 is 0 Å². The number of aliphatic carboxylic acids is 2. The van der Waals surface area contributed by atoms with Crippen molar-refractivity contribution in [1.29, 1.82) is 0 Å². The lowest BCUT2D eigenvalue weighted by atomic mass is 10.1. The molecule has 21 heteroatoms. The number of aromatic amines is 1. The van der Waals surface area contributed by atoms with Crippen LogP contribution in [0.1, 0.15) is 11.8 Å². The highest BCUT2D eigenvalue weighted by atomic mass is 31.2. The fourth-order valence-corrected chi connectivity index (χ4v) is 6.14. The van der Waals surface area contributed by atoms with Gasteiger partial charge in [-0.1, -0.05) is 0 Å². The Morgan fingerprint density at radius 3 is 2.56 bits per heavy atom. The first-order valence-electron chi connectivity index (χ1n) is 12.8. The summed E-state index contributed by atoms with van der Waals surface area (Å²) in [4.78, 5) is 56.8. The molecule has 2 saturated heterocycles. The maximum atomic E-state index is 13.5. The monoisotopic (exact) mass is 651 g/mol. The summed E-state index contributed by atoms with van der Waals surface area (Å²) in [5, 5.41) is 29.1. The van der Waals surface area contributed by atoms with Crippen LogP contribution in [0.5, 0.6) is 11.5 Å². The summed E-state index contributed by atoms with van der Waals surface area (Å²) < 4.78 is 52.5. The number of phosphoric ester groups is 1. The number of nitrogens with two attached hydrogens (primary N) is 1. The number of hydrogen-bond donors (Lipinski definition) is 5. The lowest BCUT2D eigenvalue weighted by Crippen LogP contribution is -2.39.